The van der Waals surface area contributed by atoms with Crippen LogP contribution < -0.4 is 0 Å². The minimum absolute atomic E-state index is 0.0725. The van der Waals surface area contributed by atoms with E-state index in [9.17, 15) is 37.4 Å². The summed E-state index contributed by atoms with van der Waals surface area (Å²) in [6.45, 7) is 18.8. The first-order valence-electron chi connectivity index (χ1n) is 28.5. The van der Waals surface area contributed by atoms with Gasteiger partial charge in [0.15, 0.2) is 0 Å². The fraction of sp³-hybridized carbons (Fsp3) is 0.412. The number of carboxylic acid groups (broad SMARTS) is 2. The van der Waals surface area contributed by atoms with Gasteiger partial charge >= 0.3 is 11.9 Å². The monoisotopic (exact) mass is 1130 g/mol. The maximum absolute atomic E-state index is 13.5. The molecule has 0 saturated carbocycles. The van der Waals surface area contributed by atoms with Gasteiger partial charge in [0.25, 0.3) is 0 Å². The highest BCUT2D eigenvalue weighted by molar-refractivity contribution is 5.89. The van der Waals surface area contributed by atoms with Crippen molar-refractivity contribution in [1.29, 1.82) is 0 Å². The van der Waals surface area contributed by atoms with E-state index in [-0.39, 0.29) is 58.5 Å². The lowest BCUT2D eigenvalue weighted by atomic mass is 9.86. The quantitative estimate of drug-likeness (QED) is 0.0431. The number of carboxylic acids is 2. The van der Waals surface area contributed by atoms with Gasteiger partial charge in [-0.1, -0.05) is 139 Å². The Morgan fingerprint density at radius 2 is 0.695 bits per heavy atom. The van der Waals surface area contributed by atoms with E-state index in [2.05, 4.69) is 75.6 Å². The summed E-state index contributed by atoms with van der Waals surface area (Å²) in [6, 6.07) is 42.0. The predicted molar refractivity (Wildman–Crippen MR) is 313 cm³/mol. The highest BCUT2D eigenvalue weighted by Gasteiger charge is 2.27. The topological polar surface area (TPSA) is 140 Å². The van der Waals surface area contributed by atoms with E-state index in [1.807, 2.05) is 24.3 Å². The molecule has 2 aliphatic heterocycles. The molecular formula is C68H82F4N2O8. The Morgan fingerprint density at radius 1 is 0.451 bits per heavy atom. The molecule has 14 heteroatoms. The fourth-order valence-corrected chi connectivity index (χ4v) is 10.1. The van der Waals surface area contributed by atoms with Gasteiger partial charge in [-0.25, -0.2) is 27.2 Å². The predicted octanol–water partition coefficient (Wildman–Crippen LogP) is 14.4. The Kier molecular flexibility index (Phi) is 24.6. The molecule has 2 aliphatic rings. The summed E-state index contributed by atoms with van der Waals surface area (Å²) >= 11 is 0. The normalized spacial score (nSPS) is 15.6. The molecule has 2 unspecified atom stereocenters. The first kappa shape index (κ1) is 64.6. The lowest BCUT2D eigenvalue weighted by molar-refractivity contribution is -0.134. The lowest BCUT2D eigenvalue weighted by Gasteiger charge is -2.34. The third kappa shape index (κ3) is 21.3. The van der Waals surface area contributed by atoms with Gasteiger partial charge in [-0.3, -0.25) is 0 Å². The van der Waals surface area contributed by atoms with Gasteiger partial charge in [-0.15, -0.1) is 0 Å². The number of aliphatic carboxylic acids is 2. The SMILES string of the molecule is CC(C)(C)c1ccc(C(O)CCCN2CCC(OC(c3ccc(F)cc3)c3ccc(F)cc3)CC2)cc1.CC(C)(C)c1ccc(C(O)CCCN2CCC(OC(c3ccc(F)cc3)c3ccc(F)cc3)CC2)cc1.O=C(O)/C=C/C(=O)O. The van der Waals surface area contributed by atoms with Crippen LogP contribution in [0.1, 0.15) is 162 Å². The van der Waals surface area contributed by atoms with Crippen LogP contribution in [0.5, 0.6) is 0 Å². The maximum atomic E-state index is 13.5. The number of rotatable bonds is 20. The Morgan fingerprint density at radius 3 is 0.927 bits per heavy atom. The van der Waals surface area contributed by atoms with Crippen molar-refractivity contribution in [3.8, 4) is 0 Å². The van der Waals surface area contributed by atoms with Crippen molar-refractivity contribution in [3.63, 3.8) is 0 Å². The second-order valence-corrected chi connectivity index (χ2v) is 23.4. The average molecular weight is 1130 g/mol. The van der Waals surface area contributed by atoms with E-state index in [0.29, 0.717) is 12.2 Å². The zero-order valence-electron chi connectivity index (χ0n) is 48.2. The molecule has 6 aromatic rings. The van der Waals surface area contributed by atoms with Crippen LogP contribution in [0.4, 0.5) is 17.6 Å². The van der Waals surface area contributed by atoms with Gasteiger partial charge in [0.2, 0.25) is 0 Å². The number of nitrogens with zero attached hydrogens (tertiary/aromatic N) is 2. The van der Waals surface area contributed by atoms with Gasteiger partial charge < -0.3 is 39.7 Å². The summed E-state index contributed by atoms with van der Waals surface area (Å²) in [5.74, 6) is -3.67. The van der Waals surface area contributed by atoms with Crippen LogP contribution in [0.2, 0.25) is 0 Å². The minimum Gasteiger partial charge on any atom is -0.478 e. The second kappa shape index (κ2) is 31.2. The molecule has 0 amide bonds. The summed E-state index contributed by atoms with van der Waals surface area (Å²) in [4.78, 5) is 24.0. The molecule has 0 radical (unpaired) electrons. The van der Waals surface area contributed by atoms with E-state index in [4.69, 9.17) is 19.7 Å². The van der Waals surface area contributed by atoms with Crippen LogP contribution >= 0.6 is 0 Å². The Bertz CT molecular complexity index is 2590. The molecule has 440 valence electrons. The zero-order chi connectivity index (χ0) is 59.4. The van der Waals surface area contributed by atoms with E-state index in [0.717, 1.165) is 124 Å². The van der Waals surface area contributed by atoms with Crippen molar-refractivity contribution in [2.75, 3.05) is 39.3 Å². The third-order valence-corrected chi connectivity index (χ3v) is 15.0. The fourth-order valence-electron chi connectivity index (χ4n) is 10.1. The minimum atomic E-state index is -1.26. The molecule has 0 bridgehead atoms. The smallest absolute Gasteiger partial charge is 0.328 e. The Hall–Kier alpha value is -6.52. The summed E-state index contributed by atoms with van der Waals surface area (Å²) in [7, 11) is 0. The van der Waals surface area contributed by atoms with Crippen molar-refractivity contribution in [1.82, 2.24) is 9.80 Å². The molecule has 2 fully saturated rings. The standard InChI is InChI=1S/2C32H39F2NO2.C4H4O4/c2*1-32(2,3)26-12-6-23(7-13-26)30(36)5-4-20-35-21-18-29(19-22-35)37-31(24-8-14-27(33)15-9-24)25-10-16-28(34)17-11-25;5-3(6)1-2-4(7)8/h2*6-17,29-31,36H,4-5,18-22H2,1-3H3;1-2H,(H,5,6)(H,7,8)/b;;2-1+. The molecule has 8 rings (SSSR count). The highest BCUT2D eigenvalue weighted by Crippen LogP contribution is 2.34. The zero-order valence-corrected chi connectivity index (χ0v) is 48.2. The molecule has 6 aromatic carbocycles. The summed E-state index contributed by atoms with van der Waals surface area (Å²) in [5, 5.41) is 36.9. The Labute approximate surface area is 482 Å². The van der Waals surface area contributed by atoms with Crippen molar-refractivity contribution in [2.24, 2.45) is 0 Å². The Balaban J connectivity index is 0.000000233. The number of aliphatic hydroxyl groups is 2. The largest absolute Gasteiger partial charge is 0.478 e. The van der Waals surface area contributed by atoms with E-state index >= 15 is 0 Å². The van der Waals surface area contributed by atoms with Crippen LogP contribution in [0.15, 0.2) is 158 Å². The number of likely N-dealkylation sites (tertiary alicyclic amines) is 2. The number of halogens is 4. The number of hydrogen-bond acceptors (Lipinski definition) is 8. The van der Waals surface area contributed by atoms with Gasteiger partial charge in [0.1, 0.15) is 35.5 Å². The van der Waals surface area contributed by atoms with Crippen LogP contribution in [0.25, 0.3) is 0 Å². The number of benzene rings is 6. The van der Waals surface area contributed by atoms with Crippen molar-refractivity contribution in [2.45, 2.75) is 140 Å². The summed E-state index contributed by atoms with van der Waals surface area (Å²) < 4.78 is 67.0. The van der Waals surface area contributed by atoms with Crippen LogP contribution in [-0.4, -0.2) is 93.6 Å². The van der Waals surface area contributed by atoms with Crippen LogP contribution in [0.3, 0.4) is 0 Å². The molecule has 2 heterocycles. The molecule has 10 nitrogen and oxygen atoms in total. The average Bonchev–Trinajstić information content (AvgIpc) is 3.54. The van der Waals surface area contributed by atoms with E-state index < -0.39 is 24.1 Å². The summed E-state index contributed by atoms with van der Waals surface area (Å²) in [5.41, 5.74) is 8.17. The maximum Gasteiger partial charge on any atom is 0.328 e. The first-order chi connectivity index (χ1) is 39.0. The lowest BCUT2D eigenvalue weighted by Crippen LogP contribution is -2.38. The highest BCUT2D eigenvalue weighted by atomic mass is 19.1. The second-order valence-electron chi connectivity index (χ2n) is 23.4. The molecule has 0 aromatic heterocycles. The third-order valence-electron chi connectivity index (χ3n) is 15.0. The molecule has 0 aliphatic carbocycles. The molecule has 82 heavy (non-hydrogen) atoms. The molecular weight excluding hydrogens is 1050 g/mol. The van der Waals surface area contributed by atoms with Gasteiger partial charge in [-0.2, -0.15) is 0 Å². The van der Waals surface area contributed by atoms with Crippen molar-refractivity contribution >= 4 is 11.9 Å². The number of carbonyl (C=O) groups is 2. The van der Waals surface area contributed by atoms with E-state index in [1.165, 1.54) is 59.7 Å². The summed E-state index contributed by atoms with van der Waals surface area (Å²) in [6.07, 6.45) is 6.58. The number of piperidine rings is 2. The number of ether oxygens (including phenoxy) is 2. The van der Waals surface area contributed by atoms with Crippen LogP contribution in [-0.2, 0) is 29.9 Å². The number of aliphatic hydroxyl groups excluding tert-OH is 2. The van der Waals surface area contributed by atoms with Gasteiger partial charge in [-0.05, 0) is 168 Å². The van der Waals surface area contributed by atoms with E-state index in [1.54, 1.807) is 48.5 Å². The molecule has 0 spiro atoms. The molecule has 2 atom stereocenters. The van der Waals surface area contributed by atoms with Crippen molar-refractivity contribution in [3.05, 3.63) is 226 Å². The first-order valence-corrected chi connectivity index (χ1v) is 28.5. The number of hydrogen-bond donors (Lipinski definition) is 4. The molecule has 4 N–H and O–H groups in total. The molecule has 2 saturated heterocycles. The van der Waals surface area contributed by atoms with Gasteiger partial charge in [0.05, 0.1) is 24.4 Å². The van der Waals surface area contributed by atoms with Crippen molar-refractivity contribution < 1.29 is 57.1 Å². The van der Waals surface area contributed by atoms with Crippen LogP contribution in [0, 0.1) is 23.3 Å². The van der Waals surface area contributed by atoms with Gasteiger partial charge in [0, 0.05) is 38.3 Å².